The molecular weight excluding hydrogens is 255 g/mol. The molecule has 0 aliphatic heterocycles. The Morgan fingerprint density at radius 3 is 2.37 bits per heavy atom. The van der Waals surface area contributed by atoms with Gasteiger partial charge in [0, 0.05) is 17.6 Å². The molecule has 0 spiro atoms. The van der Waals surface area contributed by atoms with Gasteiger partial charge in [0.25, 0.3) is 0 Å². The predicted octanol–water partition coefficient (Wildman–Crippen LogP) is 3.67. The summed E-state index contributed by atoms with van der Waals surface area (Å²) in [4.78, 5) is 0. The number of aliphatic hydroxyl groups is 1. The van der Waals surface area contributed by atoms with Crippen molar-refractivity contribution in [3.63, 3.8) is 0 Å². The van der Waals surface area contributed by atoms with Crippen molar-refractivity contribution in [2.24, 2.45) is 5.41 Å². The Morgan fingerprint density at radius 2 is 1.79 bits per heavy atom. The van der Waals surface area contributed by atoms with Gasteiger partial charge in [-0.3, -0.25) is 0 Å². The van der Waals surface area contributed by atoms with Crippen molar-refractivity contribution in [3.8, 4) is 0 Å². The van der Waals surface area contributed by atoms with E-state index >= 15 is 0 Å². The first-order valence-corrected chi connectivity index (χ1v) is 6.48. The zero-order chi connectivity index (χ0) is 13.9. The van der Waals surface area contributed by atoms with Crippen molar-refractivity contribution in [2.45, 2.75) is 31.9 Å². The number of alkyl halides is 3. The SMILES string of the molecule is OCC1(CNc2ccccc2C(F)(F)F)CCCC1. The lowest BCUT2D eigenvalue weighted by Gasteiger charge is -2.28. The molecule has 1 aliphatic rings. The highest BCUT2D eigenvalue weighted by molar-refractivity contribution is 5.52. The normalized spacial score (nSPS) is 18.5. The van der Waals surface area contributed by atoms with Crippen LogP contribution in [0.2, 0.25) is 0 Å². The molecule has 1 saturated carbocycles. The third-order valence-electron chi connectivity index (χ3n) is 3.89. The summed E-state index contributed by atoms with van der Waals surface area (Å²) in [6.07, 6.45) is -0.562. The summed E-state index contributed by atoms with van der Waals surface area (Å²) in [5, 5.41) is 12.3. The molecule has 0 saturated heterocycles. The van der Waals surface area contributed by atoms with Gasteiger partial charge in [-0.15, -0.1) is 0 Å². The lowest BCUT2D eigenvalue weighted by Crippen LogP contribution is -2.31. The van der Waals surface area contributed by atoms with Gasteiger partial charge < -0.3 is 10.4 Å². The molecule has 2 nitrogen and oxygen atoms in total. The van der Waals surface area contributed by atoms with Crippen LogP contribution in [0.4, 0.5) is 18.9 Å². The van der Waals surface area contributed by atoms with Crippen LogP contribution in [0.3, 0.4) is 0 Å². The van der Waals surface area contributed by atoms with E-state index in [2.05, 4.69) is 5.32 Å². The Labute approximate surface area is 110 Å². The van der Waals surface area contributed by atoms with E-state index in [-0.39, 0.29) is 17.7 Å². The minimum Gasteiger partial charge on any atom is -0.396 e. The first-order chi connectivity index (χ1) is 8.97. The second kappa shape index (κ2) is 5.41. The van der Waals surface area contributed by atoms with Crippen LogP contribution in [0.25, 0.3) is 0 Å². The number of para-hydroxylation sites is 1. The van der Waals surface area contributed by atoms with Crippen LogP contribution in [-0.2, 0) is 6.18 Å². The molecule has 19 heavy (non-hydrogen) atoms. The summed E-state index contributed by atoms with van der Waals surface area (Å²) in [6, 6.07) is 5.47. The molecule has 1 fully saturated rings. The molecule has 0 aromatic heterocycles. The molecule has 0 amide bonds. The molecule has 2 rings (SSSR count). The molecular formula is C14H18F3NO. The van der Waals surface area contributed by atoms with E-state index < -0.39 is 11.7 Å². The van der Waals surface area contributed by atoms with E-state index in [4.69, 9.17) is 0 Å². The van der Waals surface area contributed by atoms with Gasteiger partial charge in [0.2, 0.25) is 0 Å². The van der Waals surface area contributed by atoms with Crippen LogP contribution in [0.15, 0.2) is 24.3 Å². The van der Waals surface area contributed by atoms with E-state index in [9.17, 15) is 18.3 Å². The van der Waals surface area contributed by atoms with Crippen LogP contribution in [0, 0.1) is 5.41 Å². The maximum atomic E-state index is 12.8. The monoisotopic (exact) mass is 273 g/mol. The lowest BCUT2D eigenvalue weighted by molar-refractivity contribution is -0.137. The highest BCUT2D eigenvalue weighted by Crippen LogP contribution is 2.39. The molecule has 5 heteroatoms. The van der Waals surface area contributed by atoms with Gasteiger partial charge >= 0.3 is 6.18 Å². The minimum absolute atomic E-state index is 0.0220. The number of anilines is 1. The number of rotatable bonds is 4. The molecule has 0 unspecified atom stereocenters. The standard InChI is InChI=1S/C14H18F3NO/c15-14(16,17)11-5-1-2-6-12(11)18-9-13(10-19)7-3-4-8-13/h1-2,5-6,18-19H,3-4,7-10H2. The van der Waals surface area contributed by atoms with Crippen molar-refractivity contribution in [1.29, 1.82) is 0 Å². The third kappa shape index (κ3) is 3.21. The second-order valence-electron chi connectivity index (χ2n) is 5.26. The van der Waals surface area contributed by atoms with Crippen LogP contribution in [-0.4, -0.2) is 18.3 Å². The number of nitrogens with one attached hydrogen (secondary N) is 1. The van der Waals surface area contributed by atoms with E-state index in [1.54, 1.807) is 6.07 Å². The molecule has 2 N–H and O–H groups in total. The second-order valence-corrected chi connectivity index (χ2v) is 5.26. The third-order valence-corrected chi connectivity index (χ3v) is 3.89. The van der Waals surface area contributed by atoms with Gasteiger partial charge in [0.15, 0.2) is 0 Å². The number of hydrogen-bond acceptors (Lipinski definition) is 2. The Bertz CT molecular complexity index is 425. The van der Waals surface area contributed by atoms with Gasteiger partial charge in [-0.1, -0.05) is 25.0 Å². The summed E-state index contributed by atoms with van der Waals surface area (Å²) >= 11 is 0. The Morgan fingerprint density at radius 1 is 1.16 bits per heavy atom. The van der Waals surface area contributed by atoms with Crippen molar-refractivity contribution in [2.75, 3.05) is 18.5 Å². The van der Waals surface area contributed by atoms with E-state index in [0.29, 0.717) is 6.54 Å². The van der Waals surface area contributed by atoms with E-state index in [0.717, 1.165) is 31.7 Å². The quantitative estimate of drug-likeness (QED) is 0.877. The summed E-state index contributed by atoms with van der Waals surface area (Å²) in [6.45, 7) is 0.408. The average Bonchev–Trinajstić information content (AvgIpc) is 2.85. The zero-order valence-corrected chi connectivity index (χ0v) is 10.6. The van der Waals surface area contributed by atoms with Crippen molar-refractivity contribution in [3.05, 3.63) is 29.8 Å². The molecule has 0 radical (unpaired) electrons. The Balaban J connectivity index is 2.11. The summed E-state index contributed by atoms with van der Waals surface area (Å²) in [5.74, 6) is 0. The average molecular weight is 273 g/mol. The highest BCUT2D eigenvalue weighted by Gasteiger charge is 2.36. The predicted molar refractivity (Wildman–Crippen MR) is 67.9 cm³/mol. The van der Waals surface area contributed by atoms with Gasteiger partial charge in [-0.2, -0.15) is 13.2 Å². The lowest BCUT2D eigenvalue weighted by atomic mass is 9.87. The fraction of sp³-hybridized carbons (Fsp3) is 0.571. The molecule has 1 aromatic carbocycles. The topological polar surface area (TPSA) is 32.3 Å². The first-order valence-electron chi connectivity index (χ1n) is 6.48. The fourth-order valence-electron chi connectivity index (χ4n) is 2.68. The molecule has 1 aromatic rings. The van der Waals surface area contributed by atoms with Gasteiger partial charge in [0.05, 0.1) is 12.2 Å². The molecule has 0 bridgehead atoms. The van der Waals surface area contributed by atoms with Crippen molar-refractivity contribution < 1.29 is 18.3 Å². The molecule has 0 atom stereocenters. The van der Waals surface area contributed by atoms with Gasteiger partial charge in [0.1, 0.15) is 0 Å². The van der Waals surface area contributed by atoms with Crippen LogP contribution >= 0.6 is 0 Å². The summed E-state index contributed by atoms with van der Waals surface area (Å²) < 4.78 is 38.5. The smallest absolute Gasteiger partial charge is 0.396 e. The maximum Gasteiger partial charge on any atom is 0.418 e. The van der Waals surface area contributed by atoms with Crippen LogP contribution in [0.1, 0.15) is 31.2 Å². The Hall–Kier alpha value is -1.23. The number of benzene rings is 1. The summed E-state index contributed by atoms with van der Waals surface area (Å²) in [5.41, 5.74) is -0.825. The van der Waals surface area contributed by atoms with E-state index in [1.165, 1.54) is 12.1 Å². The highest BCUT2D eigenvalue weighted by atomic mass is 19.4. The van der Waals surface area contributed by atoms with Crippen molar-refractivity contribution >= 4 is 5.69 Å². The number of hydrogen-bond donors (Lipinski definition) is 2. The zero-order valence-electron chi connectivity index (χ0n) is 10.6. The fourth-order valence-corrected chi connectivity index (χ4v) is 2.68. The summed E-state index contributed by atoms with van der Waals surface area (Å²) in [7, 11) is 0. The van der Waals surface area contributed by atoms with E-state index in [1.807, 2.05) is 0 Å². The maximum absolute atomic E-state index is 12.8. The number of halogens is 3. The molecule has 0 heterocycles. The van der Waals surface area contributed by atoms with Crippen LogP contribution in [0.5, 0.6) is 0 Å². The van der Waals surface area contributed by atoms with Gasteiger partial charge in [-0.05, 0) is 25.0 Å². The minimum atomic E-state index is -4.36. The van der Waals surface area contributed by atoms with Crippen molar-refractivity contribution in [1.82, 2.24) is 0 Å². The molecule has 106 valence electrons. The largest absolute Gasteiger partial charge is 0.418 e. The first kappa shape index (κ1) is 14.2. The number of aliphatic hydroxyl groups excluding tert-OH is 1. The van der Waals surface area contributed by atoms with Crippen LogP contribution < -0.4 is 5.32 Å². The van der Waals surface area contributed by atoms with Gasteiger partial charge in [-0.25, -0.2) is 0 Å². The molecule has 1 aliphatic carbocycles. The Kier molecular flexibility index (Phi) is 4.04.